The van der Waals surface area contributed by atoms with E-state index in [1.807, 2.05) is 0 Å². The molecule has 2 fully saturated rings. The number of hydrogen-bond acceptors (Lipinski definition) is 3. The van der Waals surface area contributed by atoms with Gasteiger partial charge in [0.05, 0.1) is 0 Å². The summed E-state index contributed by atoms with van der Waals surface area (Å²) in [4.78, 5) is 5.05. The van der Waals surface area contributed by atoms with Gasteiger partial charge in [-0.05, 0) is 58.8 Å². The van der Waals surface area contributed by atoms with Gasteiger partial charge in [0.1, 0.15) is 0 Å². The lowest BCUT2D eigenvalue weighted by Crippen LogP contribution is -2.47. The SMILES string of the molecule is CC(CNC1CC1)CN1CCCC(N(C)C)C1. The summed E-state index contributed by atoms with van der Waals surface area (Å²) in [5.74, 6) is 0.788. The Hall–Kier alpha value is -0.120. The van der Waals surface area contributed by atoms with Crippen LogP contribution in [0.4, 0.5) is 0 Å². The van der Waals surface area contributed by atoms with Crippen molar-refractivity contribution < 1.29 is 0 Å². The highest BCUT2D eigenvalue weighted by Gasteiger charge is 2.24. The second kappa shape index (κ2) is 6.17. The standard InChI is InChI=1S/C14H29N3/c1-12(9-15-13-6-7-13)10-17-8-4-5-14(11-17)16(2)3/h12-15H,4-11H2,1-3H3. The summed E-state index contributed by atoms with van der Waals surface area (Å²) in [5.41, 5.74) is 0. The molecule has 1 saturated carbocycles. The number of nitrogens with zero attached hydrogens (tertiary/aromatic N) is 2. The van der Waals surface area contributed by atoms with E-state index < -0.39 is 0 Å². The third-order valence-corrected chi connectivity index (χ3v) is 4.11. The fourth-order valence-electron chi connectivity index (χ4n) is 2.78. The number of hydrogen-bond donors (Lipinski definition) is 1. The lowest BCUT2D eigenvalue weighted by atomic mass is 10.0. The zero-order valence-electron chi connectivity index (χ0n) is 11.8. The predicted octanol–water partition coefficient (Wildman–Crippen LogP) is 1.40. The smallest absolute Gasteiger partial charge is 0.0217 e. The normalized spacial score (nSPS) is 28.6. The van der Waals surface area contributed by atoms with Gasteiger partial charge in [0.15, 0.2) is 0 Å². The topological polar surface area (TPSA) is 18.5 Å². The molecule has 1 aliphatic heterocycles. The van der Waals surface area contributed by atoms with E-state index in [1.54, 1.807) is 0 Å². The van der Waals surface area contributed by atoms with Crippen molar-refractivity contribution in [2.75, 3.05) is 40.3 Å². The summed E-state index contributed by atoms with van der Waals surface area (Å²) >= 11 is 0. The average Bonchev–Trinajstić information content (AvgIpc) is 3.10. The molecule has 3 nitrogen and oxygen atoms in total. The minimum atomic E-state index is 0.771. The molecular formula is C14H29N3. The number of rotatable bonds is 6. The first-order valence-electron chi connectivity index (χ1n) is 7.27. The Bertz CT molecular complexity index is 226. The number of likely N-dealkylation sites (N-methyl/N-ethyl adjacent to an activating group) is 1. The Kier molecular flexibility index (Phi) is 4.83. The maximum atomic E-state index is 3.64. The van der Waals surface area contributed by atoms with Crippen LogP contribution in [0.2, 0.25) is 0 Å². The van der Waals surface area contributed by atoms with E-state index in [2.05, 4.69) is 36.1 Å². The molecule has 2 rings (SSSR count). The Morgan fingerprint density at radius 1 is 1.29 bits per heavy atom. The van der Waals surface area contributed by atoms with Crippen LogP contribution < -0.4 is 5.32 Å². The largest absolute Gasteiger partial charge is 0.314 e. The minimum Gasteiger partial charge on any atom is -0.314 e. The second-order valence-electron chi connectivity index (χ2n) is 6.31. The van der Waals surface area contributed by atoms with Crippen molar-refractivity contribution in [1.29, 1.82) is 0 Å². The van der Waals surface area contributed by atoms with Gasteiger partial charge in [0.25, 0.3) is 0 Å². The quantitative estimate of drug-likeness (QED) is 0.756. The highest BCUT2D eigenvalue weighted by atomic mass is 15.2. The molecule has 0 aromatic heterocycles. The fraction of sp³-hybridized carbons (Fsp3) is 1.00. The lowest BCUT2D eigenvalue weighted by Gasteiger charge is -2.37. The monoisotopic (exact) mass is 239 g/mol. The van der Waals surface area contributed by atoms with E-state index in [4.69, 9.17) is 0 Å². The fourth-order valence-corrected chi connectivity index (χ4v) is 2.78. The highest BCUT2D eigenvalue weighted by Crippen LogP contribution is 2.19. The van der Waals surface area contributed by atoms with Gasteiger partial charge in [0, 0.05) is 25.2 Å². The van der Waals surface area contributed by atoms with Gasteiger partial charge in [-0.2, -0.15) is 0 Å². The Labute approximate surface area is 107 Å². The van der Waals surface area contributed by atoms with Crippen LogP contribution >= 0.6 is 0 Å². The van der Waals surface area contributed by atoms with E-state index in [9.17, 15) is 0 Å². The first-order chi connectivity index (χ1) is 8.15. The summed E-state index contributed by atoms with van der Waals surface area (Å²) in [5, 5.41) is 3.64. The van der Waals surface area contributed by atoms with Crippen molar-refractivity contribution in [2.45, 2.75) is 44.7 Å². The molecule has 1 aliphatic carbocycles. The number of piperidine rings is 1. The molecule has 3 heteroatoms. The van der Waals surface area contributed by atoms with Crippen molar-refractivity contribution in [1.82, 2.24) is 15.1 Å². The van der Waals surface area contributed by atoms with Crippen LogP contribution in [-0.4, -0.2) is 62.2 Å². The molecule has 0 bridgehead atoms. The summed E-state index contributed by atoms with van der Waals surface area (Å²) in [6.07, 6.45) is 5.54. The van der Waals surface area contributed by atoms with Crippen LogP contribution in [0.15, 0.2) is 0 Å². The van der Waals surface area contributed by atoms with E-state index in [-0.39, 0.29) is 0 Å². The minimum absolute atomic E-state index is 0.771. The zero-order chi connectivity index (χ0) is 12.3. The molecule has 1 saturated heterocycles. The molecule has 0 amide bonds. The molecule has 0 spiro atoms. The molecule has 1 heterocycles. The number of nitrogens with one attached hydrogen (secondary N) is 1. The number of likely N-dealkylation sites (tertiary alicyclic amines) is 1. The van der Waals surface area contributed by atoms with Gasteiger partial charge in [0.2, 0.25) is 0 Å². The Morgan fingerprint density at radius 2 is 2.06 bits per heavy atom. The van der Waals surface area contributed by atoms with Crippen molar-refractivity contribution in [3.63, 3.8) is 0 Å². The van der Waals surface area contributed by atoms with E-state index in [0.717, 1.165) is 18.0 Å². The lowest BCUT2D eigenvalue weighted by molar-refractivity contribution is 0.120. The maximum Gasteiger partial charge on any atom is 0.0217 e. The summed E-state index contributed by atoms with van der Waals surface area (Å²) in [6, 6.07) is 1.63. The Morgan fingerprint density at radius 3 is 2.71 bits per heavy atom. The molecule has 1 N–H and O–H groups in total. The first-order valence-corrected chi connectivity index (χ1v) is 7.27. The van der Waals surface area contributed by atoms with Crippen LogP contribution in [0.3, 0.4) is 0 Å². The van der Waals surface area contributed by atoms with Crippen LogP contribution in [0.25, 0.3) is 0 Å². The van der Waals surface area contributed by atoms with Crippen LogP contribution in [0.1, 0.15) is 32.6 Å². The van der Waals surface area contributed by atoms with Crippen LogP contribution in [0, 0.1) is 5.92 Å². The highest BCUT2D eigenvalue weighted by molar-refractivity contribution is 4.83. The summed E-state index contributed by atoms with van der Waals surface area (Å²) in [6.45, 7) is 7.42. The molecule has 0 radical (unpaired) electrons. The predicted molar refractivity (Wildman–Crippen MR) is 73.3 cm³/mol. The van der Waals surface area contributed by atoms with Crippen molar-refractivity contribution >= 4 is 0 Å². The van der Waals surface area contributed by atoms with Crippen molar-refractivity contribution in [2.24, 2.45) is 5.92 Å². The molecule has 2 unspecified atom stereocenters. The third kappa shape index (κ3) is 4.57. The maximum absolute atomic E-state index is 3.64. The zero-order valence-corrected chi connectivity index (χ0v) is 11.8. The van der Waals surface area contributed by atoms with Crippen LogP contribution in [0.5, 0.6) is 0 Å². The van der Waals surface area contributed by atoms with E-state index in [1.165, 1.54) is 51.9 Å². The van der Waals surface area contributed by atoms with Gasteiger partial charge < -0.3 is 15.1 Å². The summed E-state index contributed by atoms with van der Waals surface area (Å²) < 4.78 is 0. The summed E-state index contributed by atoms with van der Waals surface area (Å²) in [7, 11) is 4.43. The van der Waals surface area contributed by atoms with Gasteiger partial charge in [-0.1, -0.05) is 6.92 Å². The van der Waals surface area contributed by atoms with E-state index in [0.29, 0.717) is 0 Å². The third-order valence-electron chi connectivity index (χ3n) is 4.11. The van der Waals surface area contributed by atoms with Gasteiger partial charge >= 0.3 is 0 Å². The molecule has 0 aromatic carbocycles. The molecule has 100 valence electrons. The van der Waals surface area contributed by atoms with Crippen molar-refractivity contribution in [3.05, 3.63) is 0 Å². The van der Waals surface area contributed by atoms with Crippen LogP contribution in [-0.2, 0) is 0 Å². The van der Waals surface area contributed by atoms with Gasteiger partial charge in [-0.15, -0.1) is 0 Å². The molecular weight excluding hydrogens is 210 g/mol. The Balaban J connectivity index is 1.65. The average molecular weight is 239 g/mol. The molecule has 0 aromatic rings. The van der Waals surface area contributed by atoms with E-state index >= 15 is 0 Å². The molecule has 17 heavy (non-hydrogen) atoms. The van der Waals surface area contributed by atoms with Gasteiger partial charge in [-0.25, -0.2) is 0 Å². The van der Waals surface area contributed by atoms with Gasteiger partial charge in [-0.3, -0.25) is 0 Å². The second-order valence-corrected chi connectivity index (χ2v) is 6.31. The van der Waals surface area contributed by atoms with Crippen molar-refractivity contribution in [3.8, 4) is 0 Å². The molecule has 2 aliphatic rings. The first kappa shape index (κ1) is 13.3. The molecule has 2 atom stereocenters.